The van der Waals surface area contributed by atoms with Gasteiger partial charge in [-0.05, 0) is 66.7 Å². The summed E-state index contributed by atoms with van der Waals surface area (Å²) in [6.45, 7) is 0. The zero-order valence-corrected chi connectivity index (χ0v) is 40.3. The molecule has 0 amide bonds. The SMILES string of the molecule is c1ccc(-c2nc(-c3cccc(-c4nc(-c5ccc6c(c5)oc5ccccc56)nc(-n5c6ccccc6c6ccc7c8ccccc8n(-c8ccccc8)c7c65)n4)c3)nc(-c3ccc4c(c3)oc3ccccc34)n2)cc1. The summed E-state index contributed by atoms with van der Waals surface area (Å²) in [7, 11) is 0. The lowest BCUT2D eigenvalue weighted by Gasteiger charge is -2.13. The molecule has 6 aromatic heterocycles. The molecule has 10 nitrogen and oxygen atoms in total. The van der Waals surface area contributed by atoms with Gasteiger partial charge in [0.15, 0.2) is 29.1 Å². The number of hydrogen-bond donors (Lipinski definition) is 0. The van der Waals surface area contributed by atoms with Crippen LogP contribution in [0.2, 0.25) is 0 Å². The number of rotatable bonds is 7. The Morgan fingerprint density at radius 2 is 0.632 bits per heavy atom. The van der Waals surface area contributed by atoms with Crippen molar-refractivity contribution in [3.63, 3.8) is 0 Å². The van der Waals surface area contributed by atoms with Crippen LogP contribution in [0.15, 0.2) is 239 Å². The van der Waals surface area contributed by atoms with E-state index in [1.165, 1.54) is 0 Å². The van der Waals surface area contributed by atoms with Crippen molar-refractivity contribution in [3.8, 4) is 68.6 Å². The Kier molecular flexibility index (Phi) is 9.10. The number of fused-ring (bicyclic) bond motifs is 13. The second-order valence-corrected chi connectivity index (χ2v) is 19.1. The third-order valence-corrected chi connectivity index (χ3v) is 14.6. The van der Waals surface area contributed by atoms with Gasteiger partial charge in [0.1, 0.15) is 22.3 Å². The molecule has 0 spiro atoms. The molecule has 0 N–H and O–H groups in total. The predicted octanol–water partition coefficient (Wildman–Crippen LogP) is 16.4. The highest BCUT2D eigenvalue weighted by Crippen LogP contribution is 2.42. The van der Waals surface area contributed by atoms with E-state index >= 15 is 0 Å². The van der Waals surface area contributed by atoms with Crippen LogP contribution >= 0.6 is 0 Å². The summed E-state index contributed by atoms with van der Waals surface area (Å²) in [4.78, 5) is 31.6. The molecule has 16 aromatic rings. The van der Waals surface area contributed by atoms with E-state index in [4.69, 9.17) is 38.7 Å². The van der Waals surface area contributed by atoms with Gasteiger partial charge in [0.2, 0.25) is 5.95 Å². The van der Waals surface area contributed by atoms with E-state index in [2.05, 4.69) is 137 Å². The number of benzene rings is 10. The van der Waals surface area contributed by atoms with E-state index < -0.39 is 0 Å². The molecule has 10 aromatic carbocycles. The number of para-hydroxylation sites is 5. The molecule has 16 rings (SSSR count). The Bertz CT molecular complexity index is 5010. The average molecular weight is 975 g/mol. The fourth-order valence-electron chi connectivity index (χ4n) is 11.2. The van der Waals surface area contributed by atoms with Crippen molar-refractivity contribution < 1.29 is 8.83 Å². The molecule has 0 aliphatic rings. The molecule has 354 valence electrons. The van der Waals surface area contributed by atoms with Crippen molar-refractivity contribution >= 4 is 87.5 Å². The van der Waals surface area contributed by atoms with Crippen LogP contribution in [-0.4, -0.2) is 39.0 Å². The standard InChI is InChI=1S/C66H38N8O2/c1-3-16-39(17-4-1)61-67-62(69-63(68-61)42-30-32-49-47-24-9-13-28-55(47)75-57(49)37-42)40-18-15-19-41(36-40)64-70-65(43-31-33-50-48-25-10-14-29-56(48)76-58(50)38-43)72-66(71-64)74-54-27-12-8-23-46(54)52-35-34-51-45-22-7-11-26-53(45)73(59(51)60(52)74)44-20-5-2-6-21-44/h1-38H. The van der Waals surface area contributed by atoms with E-state index in [1.807, 2.05) is 103 Å². The molecular weight excluding hydrogens is 937 g/mol. The lowest BCUT2D eigenvalue weighted by atomic mass is 10.1. The number of nitrogens with zero attached hydrogens (tertiary/aromatic N) is 8. The zero-order valence-electron chi connectivity index (χ0n) is 40.3. The number of hydrogen-bond acceptors (Lipinski definition) is 8. The van der Waals surface area contributed by atoms with Gasteiger partial charge in [0.05, 0.1) is 22.1 Å². The largest absolute Gasteiger partial charge is 0.456 e. The minimum Gasteiger partial charge on any atom is -0.456 e. The van der Waals surface area contributed by atoms with E-state index in [-0.39, 0.29) is 0 Å². The molecule has 0 aliphatic carbocycles. The smallest absolute Gasteiger partial charge is 0.238 e. The van der Waals surface area contributed by atoms with Gasteiger partial charge in [-0.2, -0.15) is 9.97 Å². The van der Waals surface area contributed by atoms with Crippen LogP contribution in [0.3, 0.4) is 0 Å². The Hall–Kier alpha value is -10.6. The summed E-state index contributed by atoms with van der Waals surface area (Å²) >= 11 is 0. The first-order chi connectivity index (χ1) is 37.6. The highest BCUT2D eigenvalue weighted by atomic mass is 16.3. The van der Waals surface area contributed by atoms with Crippen molar-refractivity contribution in [1.29, 1.82) is 0 Å². The van der Waals surface area contributed by atoms with Gasteiger partial charge < -0.3 is 13.4 Å². The highest BCUT2D eigenvalue weighted by molar-refractivity contribution is 6.23. The predicted molar refractivity (Wildman–Crippen MR) is 304 cm³/mol. The van der Waals surface area contributed by atoms with Crippen molar-refractivity contribution in [2.75, 3.05) is 0 Å². The molecule has 0 saturated carbocycles. The van der Waals surface area contributed by atoms with Crippen molar-refractivity contribution in [2.45, 2.75) is 0 Å². The van der Waals surface area contributed by atoms with Gasteiger partial charge in [-0.25, -0.2) is 19.9 Å². The molecule has 0 unspecified atom stereocenters. The first-order valence-corrected chi connectivity index (χ1v) is 25.2. The quantitative estimate of drug-likeness (QED) is 0.155. The van der Waals surface area contributed by atoms with Crippen LogP contribution in [0, 0.1) is 0 Å². The molecule has 0 bridgehead atoms. The van der Waals surface area contributed by atoms with E-state index in [0.717, 1.165) is 121 Å². The van der Waals surface area contributed by atoms with Crippen LogP contribution < -0.4 is 0 Å². The third-order valence-electron chi connectivity index (χ3n) is 14.6. The molecule has 0 atom stereocenters. The first-order valence-electron chi connectivity index (χ1n) is 25.2. The maximum atomic E-state index is 6.46. The molecule has 0 fully saturated rings. The Morgan fingerprint density at radius 3 is 1.18 bits per heavy atom. The Labute approximate surface area is 432 Å². The van der Waals surface area contributed by atoms with Crippen molar-refractivity contribution in [1.82, 2.24) is 39.0 Å². The van der Waals surface area contributed by atoms with Gasteiger partial charge in [-0.1, -0.05) is 164 Å². The maximum Gasteiger partial charge on any atom is 0.238 e. The van der Waals surface area contributed by atoms with Crippen LogP contribution in [0.4, 0.5) is 0 Å². The lowest BCUT2D eigenvalue weighted by Crippen LogP contribution is -2.07. The molecule has 6 heterocycles. The van der Waals surface area contributed by atoms with Gasteiger partial charge in [0.25, 0.3) is 0 Å². The highest BCUT2D eigenvalue weighted by Gasteiger charge is 2.24. The monoisotopic (exact) mass is 974 g/mol. The number of aromatic nitrogens is 8. The van der Waals surface area contributed by atoms with Crippen LogP contribution in [0.5, 0.6) is 0 Å². The van der Waals surface area contributed by atoms with Gasteiger partial charge in [-0.3, -0.25) is 4.57 Å². The summed E-state index contributed by atoms with van der Waals surface area (Å²) < 4.78 is 17.4. The molecule has 0 saturated heterocycles. The summed E-state index contributed by atoms with van der Waals surface area (Å²) in [6, 6.07) is 78.8. The van der Waals surface area contributed by atoms with E-state index in [1.54, 1.807) is 0 Å². The zero-order chi connectivity index (χ0) is 49.8. The molecule has 76 heavy (non-hydrogen) atoms. The molecule has 0 radical (unpaired) electrons. The van der Waals surface area contributed by atoms with E-state index in [9.17, 15) is 0 Å². The average Bonchev–Trinajstić information content (AvgIpc) is 4.37. The Morgan fingerprint density at radius 1 is 0.250 bits per heavy atom. The van der Waals surface area contributed by atoms with Crippen LogP contribution in [-0.2, 0) is 0 Å². The Balaban J connectivity index is 0.933. The van der Waals surface area contributed by atoms with Crippen molar-refractivity contribution in [3.05, 3.63) is 231 Å². The summed E-state index contributed by atoms with van der Waals surface area (Å²) in [5.41, 5.74) is 12.3. The lowest BCUT2D eigenvalue weighted by molar-refractivity contribution is 0.668. The molecule has 10 heteroatoms. The summed E-state index contributed by atoms with van der Waals surface area (Å²) in [6.07, 6.45) is 0. The van der Waals surface area contributed by atoms with Gasteiger partial charge in [-0.15, -0.1) is 0 Å². The fourth-order valence-corrected chi connectivity index (χ4v) is 11.2. The first kappa shape index (κ1) is 42.0. The van der Waals surface area contributed by atoms with E-state index in [0.29, 0.717) is 35.1 Å². The van der Waals surface area contributed by atoms with Crippen molar-refractivity contribution in [2.24, 2.45) is 0 Å². The summed E-state index contributed by atoms with van der Waals surface area (Å²) in [5, 5.41) is 8.59. The van der Waals surface area contributed by atoms with Crippen LogP contribution in [0.25, 0.3) is 156 Å². The second-order valence-electron chi connectivity index (χ2n) is 19.1. The minimum absolute atomic E-state index is 0.466. The summed E-state index contributed by atoms with van der Waals surface area (Å²) in [5.74, 6) is 3.00. The second kappa shape index (κ2) is 16.5. The topological polar surface area (TPSA) is 113 Å². The maximum absolute atomic E-state index is 6.46. The number of furan rings is 2. The molecular formula is C66H38N8O2. The van der Waals surface area contributed by atoms with Gasteiger partial charge in [0, 0.05) is 76.6 Å². The van der Waals surface area contributed by atoms with Crippen LogP contribution in [0.1, 0.15) is 0 Å². The minimum atomic E-state index is 0.466. The fraction of sp³-hybridized carbons (Fsp3) is 0. The van der Waals surface area contributed by atoms with Gasteiger partial charge >= 0.3 is 0 Å². The molecule has 0 aliphatic heterocycles. The normalized spacial score (nSPS) is 11.9. The third kappa shape index (κ3) is 6.54.